The van der Waals surface area contributed by atoms with Crippen LogP contribution in [0.5, 0.6) is 0 Å². The van der Waals surface area contributed by atoms with Gasteiger partial charge in [0.05, 0.1) is 10.5 Å². The highest BCUT2D eigenvalue weighted by molar-refractivity contribution is 7.89. The fourth-order valence-corrected chi connectivity index (χ4v) is 3.47. The monoisotopic (exact) mass is 438 g/mol. The lowest BCUT2D eigenvalue weighted by atomic mass is 10.2. The van der Waals surface area contributed by atoms with E-state index < -0.39 is 26.7 Å². The smallest absolute Gasteiger partial charge is 0.369 e. The molecule has 3 aromatic rings. The van der Waals surface area contributed by atoms with Gasteiger partial charge in [-0.3, -0.25) is 0 Å². The fourth-order valence-electron chi connectivity index (χ4n) is 2.39. The predicted molar refractivity (Wildman–Crippen MR) is 105 cm³/mol. The summed E-state index contributed by atoms with van der Waals surface area (Å²) in [6.07, 6.45) is -1.68. The van der Waals surface area contributed by atoms with Gasteiger partial charge in [0.25, 0.3) is 0 Å². The molecule has 3 rings (SSSR count). The normalized spacial score (nSPS) is 11.8. The summed E-state index contributed by atoms with van der Waals surface area (Å²) in [6, 6.07) is 10.5. The molecule has 0 aliphatic rings. The van der Waals surface area contributed by atoms with E-state index in [1.54, 1.807) is 24.4 Å². The standard InChI is InChI=1S/C18H17F3N6O2S/c19-18(20,21)13-4-3-5-14(10-13)30(28,29)26-9-8-23-16-11-17(25-12-24-16)27-15-6-1-2-7-22-15/h1-7,10-12,26H,8-9H2,(H2,22,23,24,25,27). The molecule has 0 unspecified atom stereocenters. The molecule has 158 valence electrons. The van der Waals surface area contributed by atoms with Gasteiger partial charge in [-0.1, -0.05) is 12.1 Å². The number of pyridine rings is 1. The zero-order chi connectivity index (χ0) is 21.6. The first-order chi connectivity index (χ1) is 14.2. The first-order valence-corrected chi connectivity index (χ1v) is 10.1. The van der Waals surface area contributed by atoms with Crippen LogP contribution >= 0.6 is 0 Å². The number of anilines is 3. The molecule has 0 aliphatic carbocycles. The summed E-state index contributed by atoms with van der Waals surface area (Å²) in [4.78, 5) is 11.8. The van der Waals surface area contributed by atoms with Crippen molar-refractivity contribution in [3.8, 4) is 0 Å². The van der Waals surface area contributed by atoms with Gasteiger partial charge >= 0.3 is 6.18 Å². The molecule has 12 heteroatoms. The Morgan fingerprint density at radius 3 is 2.40 bits per heavy atom. The summed E-state index contributed by atoms with van der Waals surface area (Å²) in [5, 5.41) is 5.90. The highest BCUT2D eigenvalue weighted by atomic mass is 32.2. The molecule has 0 fully saturated rings. The molecule has 0 aliphatic heterocycles. The molecule has 1 aromatic carbocycles. The van der Waals surface area contributed by atoms with Gasteiger partial charge in [0.1, 0.15) is 23.8 Å². The minimum Gasteiger partial charge on any atom is -0.369 e. The van der Waals surface area contributed by atoms with Crippen LogP contribution in [-0.2, 0) is 16.2 Å². The van der Waals surface area contributed by atoms with Crippen LogP contribution < -0.4 is 15.4 Å². The van der Waals surface area contributed by atoms with Gasteiger partial charge in [-0.25, -0.2) is 28.1 Å². The van der Waals surface area contributed by atoms with E-state index in [1.807, 2.05) is 6.07 Å². The number of halogens is 3. The minimum atomic E-state index is -4.62. The average Bonchev–Trinajstić information content (AvgIpc) is 2.72. The molecule has 0 amide bonds. The van der Waals surface area contributed by atoms with Crippen LogP contribution in [0.25, 0.3) is 0 Å². The van der Waals surface area contributed by atoms with Crippen molar-refractivity contribution in [2.75, 3.05) is 23.7 Å². The molecular formula is C18H17F3N6O2S. The summed E-state index contributed by atoms with van der Waals surface area (Å²) in [7, 11) is -4.09. The lowest BCUT2D eigenvalue weighted by Crippen LogP contribution is -2.29. The van der Waals surface area contributed by atoms with Gasteiger partial charge in [0.2, 0.25) is 10.0 Å². The Hall–Kier alpha value is -3.25. The van der Waals surface area contributed by atoms with E-state index in [9.17, 15) is 21.6 Å². The van der Waals surface area contributed by atoms with Crippen molar-refractivity contribution in [1.82, 2.24) is 19.7 Å². The molecule has 0 saturated carbocycles. The largest absolute Gasteiger partial charge is 0.416 e. The Kier molecular flexibility index (Phi) is 6.47. The number of sulfonamides is 1. The first-order valence-electron chi connectivity index (χ1n) is 8.65. The summed E-state index contributed by atoms with van der Waals surface area (Å²) in [5.41, 5.74) is -1.03. The van der Waals surface area contributed by atoms with E-state index in [2.05, 4.69) is 30.3 Å². The second-order valence-electron chi connectivity index (χ2n) is 5.98. The molecule has 3 N–H and O–H groups in total. The minimum absolute atomic E-state index is 0.0639. The maximum atomic E-state index is 12.8. The van der Waals surface area contributed by atoms with Crippen LogP contribution in [0, 0.1) is 0 Å². The molecule has 0 spiro atoms. The lowest BCUT2D eigenvalue weighted by Gasteiger charge is -2.11. The number of aromatic nitrogens is 3. The number of nitrogens with zero attached hydrogens (tertiary/aromatic N) is 3. The zero-order valence-electron chi connectivity index (χ0n) is 15.4. The van der Waals surface area contributed by atoms with Gasteiger partial charge in [-0.2, -0.15) is 13.2 Å². The zero-order valence-corrected chi connectivity index (χ0v) is 16.2. The van der Waals surface area contributed by atoms with E-state index in [-0.39, 0.29) is 13.1 Å². The van der Waals surface area contributed by atoms with Crippen LogP contribution in [0.4, 0.5) is 30.6 Å². The number of hydrogen-bond acceptors (Lipinski definition) is 7. The quantitative estimate of drug-likeness (QED) is 0.464. The van der Waals surface area contributed by atoms with Gasteiger partial charge in [0.15, 0.2) is 0 Å². The second kappa shape index (κ2) is 9.05. The van der Waals surface area contributed by atoms with E-state index in [4.69, 9.17) is 0 Å². The molecule has 2 heterocycles. The molecule has 0 atom stereocenters. The third kappa shape index (κ3) is 5.87. The van der Waals surface area contributed by atoms with Crippen molar-refractivity contribution < 1.29 is 21.6 Å². The molecule has 0 saturated heterocycles. The van der Waals surface area contributed by atoms with Gasteiger partial charge < -0.3 is 10.6 Å². The average molecular weight is 438 g/mol. The Balaban J connectivity index is 1.55. The van der Waals surface area contributed by atoms with Gasteiger partial charge in [-0.05, 0) is 30.3 Å². The van der Waals surface area contributed by atoms with Crippen molar-refractivity contribution in [2.45, 2.75) is 11.1 Å². The van der Waals surface area contributed by atoms with Gasteiger partial charge in [-0.15, -0.1) is 0 Å². The van der Waals surface area contributed by atoms with Crippen LogP contribution in [-0.4, -0.2) is 36.5 Å². The molecule has 30 heavy (non-hydrogen) atoms. The SMILES string of the molecule is O=S(=O)(NCCNc1cc(Nc2ccccn2)ncn1)c1cccc(C(F)(F)F)c1. The maximum Gasteiger partial charge on any atom is 0.416 e. The number of hydrogen-bond donors (Lipinski definition) is 3. The number of rotatable bonds is 8. The molecule has 0 bridgehead atoms. The predicted octanol–water partition coefficient (Wildman–Crippen LogP) is 3.02. The number of benzene rings is 1. The Morgan fingerprint density at radius 2 is 1.67 bits per heavy atom. The van der Waals surface area contributed by atoms with Crippen molar-refractivity contribution in [3.63, 3.8) is 0 Å². The molecule has 8 nitrogen and oxygen atoms in total. The van der Waals surface area contributed by atoms with E-state index in [0.29, 0.717) is 23.5 Å². The van der Waals surface area contributed by atoms with Crippen molar-refractivity contribution in [1.29, 1.82) is 0 Å². The maximum absolute atomic E-state index is 12.8. The second-order valence-corrected chi connectivity index (χ2v) is 7.75. The molecule has 0 radical (unpaired) electrons. The third-order valence-electron chi connectivity index (χ3n) is 3.78. The summed E-state index contributed by atoms with van der Waals surface area (Å²) >= 11 is 0. The number of nitrogens with one attached hydrogen (secondary N) is 3. The Bertz CT molecular complexity index is 1090. The van der Waals surface area contributed by atoms with Crippen molar-refractivity contribution >= 4 is 27.5 Å². The van der Waals surface area contributed by atoms with Crippen molar-refractivity contribution in [3.05, 3.63) is 66.6 Å². The highest BCUT2D eigenvalue weighted by Crippen LogP contribution is 2.30. The summed E-state index contributed by atoms with van der Waals surface area (Å²) in [5.74, 6) is 1.51. The Morgan fingerprint density at radius 1 is 0.867 bits per heavy atom. The van der Waals surface area contributed by atoms with Crippen molar-refractivity contribution in [2.24, 2.45) is 0 Å². The topological polar surface area (TPSA) is 109 Å². The van der Waals surface area contributed by atoms with Crippen LogP contribution in [0.3, 0.4) is 0 Å². The molecular weight excluding hydrogens is 421 g/mol. The molecule has 2 aromatic heterocycles. The lowest BCUT2D eigenvalue weighted by molar-refractivity contribution is -0.137. The van der Waals surface area contributed by atoms with E-state index in [1.165, 1.54) is 6.33 Å². The highest BCUT2D eigenvalue weighted by Gasteiger charge is 2.31. The number of alkyl halides is 3. The fraction of sp³-hybridized carbons (Fsp3) is 0.167. The van der Waals surface area contributed by atoms with Gasteiger partial charge in [0, 0.05) is 25.4 Å². The summed E-state index contributed by atoms with van der Waals surface area (Å²) < 4.78 is 65.0. The first kappa shape index (κ1) is 21.5. The summed E-state index contributed by atoms with van der Waals surface area (Å²) in [6.45, 7) is 0.0871. The van der Waals surface area contributed by atoms with E-state index >= 15 is 0 Å². The van der Waals surface area contributed by atoms with Crippen LogP contribution in [0.2, 0.25) is 0 Å². The van der Waals surface area contributed by atoms with E-state index in [0.717, 1.165) is 18.2 Å². The van der Waals surface area contributed by atoms with Crippen LogP contribution in [0.15, 0.2) is 66.0 Å². The Labute approximate surface area is 170 Å². The van der Waals surface area contributed by atoms with Crippen LogP contribution in [0.1, 0.15) is 5.56 Å². The third-order valence-corrected chi connectivity index (χ3v) is 5.24.